The number of esters is 1. The molecule has 0 radical (unpaired) electrons. The van der Waals surface area contributed by atoms with E-state index >= 15 is 0 Å². The molecule has 1 saturated heterocycles. The fourth-order valence-corrected chi connectivity index (χ4v) is 1.74. The van der Waals surface area contributed by atoms with Crippen LogP contribution in [0.5, 0.6) is 0 Å². The molecule has 0 saturated carbocycles. The summed E-state index contributed by atoms with van der Waals surface area (Å²) >= 11 is 0. The zero-order valence-corrected chi connectivity index (χ0v) is 11.4. The second kappa shape index (κ2) is 7.31. The third kappa shape index (κ3) is 4.11. The molecule has 20 heavy (non-hydrogen) atoms. The molecule has 9 heteroatoms. The number of carbonyl (C=O) groups excluding carboxylic acids is 3. The molecule has 0 aromatic carbocycles. The molecule has 1 fully saturated rings. The van der Waals surface area contributed by atoms with Gasteiger partial charge in [-0.05, 0) is 13.8 Å². The summed E-state index contributed by atoms with van der Waals surface area (Å²) in [4.78, 5) is 35.4. The lowest BCUT2D eigenvalue weighted by molar-refractivity contribution is -0.145. The maximum Gasteiger partial charge on any atom is 0.410 e. The topological polar surface area (TPSA) is 123 Å². The summed E-state index contributed by atoms with van der Waals surface area (Å²) in [5.74, 6) is -1.24. The molecule has 0 bridgehead atoms. The first-order valence-corrected chi connectivity index (χ1v) is 6.19. The maximum absolute atomic E-state index is 11.8. The molecule has 0 spiro atoms. The predicted molar refractivity (Wildman–Crippen MR) is 68.9 cm³/mol. The van der Waals surface area contributed by atoms with Crippen LogP contribution in [0.2, 0.25) is 0 Å². The van der Waals surface area contributed by atoms with Crippen LogP contribution < -0.4 is 11.2 Å². The van der Waals surface area contributed by atoms with E-state index in [1.54, 1.807) is 13.8 Å². The number of rotatable bonds is 4. The number of hydrogen-bond donors (Lipinski definition) is 2. The average molecular weight is 286 g/mol. The predicted octanol–water partition coefficient (Wildman–Crippen LogP) is -0.338. The van der Waals surface area contributed by atoms with Crippen LogP contribution in [0.4, 0.5) is 9.59 Å². The second-order valence-corrected chi connectivity index (χ2v) is 3.96. The van der Waals surface area contributed by atoms with Crippen LogP contribution >= 0.6 is 0 Å². The smallest absolute Gasteiger partial charge is 0.410 e. The third-order valence-corrected chi connectivity index (χ3v) is 2.56. The van der Waals surface area contributed by atoms with Crippen molar-refractivity contribution in [3.05, 3.63) is 0 Å². The summed E-state index contributed by atoms with van der Waals surface area (Å²) in [7, 11) is 0. The molecule has 1 rings (SSSR count). The Hall–Kier alpha value is -2.32. The van der Waals surface area contributed by atoms with E-state index in [0.29, 0.717) is 5.71 Å². The Morgan fingerprint density at radius 3 is 2.55 bits per heavy atom. The number of amides is 3. The maximum atomic E-state index is 11.8. The Balaban J connectivity index is 2.82. The van der Waals surface area contributed by atoms with Crippen molar-refractivity contribution in [2.75, 3.05) is 26.3 Å². The summed E-state index contributed by atoms with van der Waals surface area (Å²) in [5.41, 5.74) is 7.26. The SMILES string of the molecule is CCOC(=O)[C@@H]1CN(C(=O)OCC)C/C1=N/NC(N)=O. The van der Waals surface area contributed by atoms with Crippen molar-refractivity contribution in [2.24, 2.45) is 16.8 Å². The van der Waals surface area contributed by atoms with Crippen molar-refractivity contribution in [1.82, 2.24) is 10.3 Å². The Bertz CT molecular complexity index is 423. The number of ether oxygens (including phenoxy) is 2. The third-order valence-electron chi connectivity index (χ3n) is 2.56. The van der Waals surface area contributed by atoms with Gasteiger partial charge in [0.2, 0.25) is 0 Å². The molecule has 0 aromatic heterocycles. The quantitative estimate of drug-likeness (QED) is 0.540. The molecule has 1 aliphatic heterocycles. The van der Waals surface area contributed by atoms with Crippen molar-refractivity contribution in [2.45, 2.75) is 13.8 Å². The van der Waals surface area contributed by atoms with Crippen molar-refractivity contribution < 1.29 is 23.9 Å². The van der Waals surface area contributed by atoms with Gasteiger partial charge in [-0.3, -0.25) is 4.79 Å². The Morgan fingerprint density at radius 1 is 1.35 bits per heavy atom. The number of likely N-dealkylation sites (tertiary alicyclic amines) is 1. The highest BCUT2D eigenvalue weighted by Crippen LogP contribution is 2.16. The molecule has 1 atom stereocenters. The first kappa shape index (κ1) is 15.7. The van der Waals surface area contributed by atoms with Gasteiger partial charge in [0.15, 0.2) is 0 Å². The zero-order valence-electron chi connectivity index (χ0n) is 11.4. The summed E-state index contributed by atoms with van der Waals surface area (Å²) in [6, 6.07) is -0.852. The summed E-state index contributed by atoms with van der Waals surface area (Å²) in [6.45, 7) is 3.96. The largest absolute Gasteiger partial charge is 0.465 e. The number of primary amides is 1. The van der Waals surface area contributed by atoms with E-state index in [1.807, 2.05) is 5.43 Å². The van der Waals surface area contributed by atoms with E-state index in [1.165, 1.54) is 4.90 Å². The van der Waals surface area contributed by atoms with Crippen LogP contribution in [0.25, 0.3) is 0 Å². The van der Waals surface area contributed by atoms with Gasteiger partial charge >= 0.3 is 18.1 Å². The van der Waals surface area contributed by atoms with Gasteiger partial charge in [0.25, 0.3) is 0 Å². The molecular formula is C11H18N4O5. The number of nitrogens with zero attached hydrogens (tertiary/aromatic N) is 2. The van der Waals surface area contributed by atoms with Gasteiger partial charge in [0, 0.05) is 6.54 Å². The van der Waals surface area contributed by atoms with Gasteiger partial charge in [-0.1, -0.05) is 0 Å². The van der Waals surface area contributed by atoms with E-state index in [0.717, 1.165) is 0 Å². The number of hydrazone groups is 1. The number of urea groups is 1. The molecule has 0 aromatic rings. The fourth-order valence-electron chi connectivity index (χ4n) is 1.74. The van der Waals surface area contributed by atoms with Gasteiger partial charge in [-0.2, -0.15) is 5.10 Å². The molecular weight excluding hydrogens is 268 g/mol. The van der Waals surface area contributed by atoms with Gasteiger partial charge in [0.1, 0.15) is 5.92 Å². The van der Waals surface area contributed by atoms with Gasteiger partial charge in [0.05, 0.1) is 25.5 Å². The highest BCUT2D eigenvalue weighted by Gasteiger charge is 2.38. The van der Waals surface area contributed by atoms with Crippen molar-refractivity contribution in [1.29, 1.82) is 0 Å². The van der Waals surface area contributed by atoms with Gasteiger partial charge in [-0.15, -0.1) is 0 Å². The lowest BCUT2D eigenvalue weighted by atomic mass is 10.1. The number of nitrogens with one attached hydrogen (secondary N) is 1. The van der Waals surface area contributed by atoms with Crippen LogP contribution in [0.3, 0.4) is 0 Å². The van der Waals surface area contributed by atoms with Crippen LogP contribution in [0, 0.1) is 5.92 Å². The Kier molecular flexibility index (Phi) is 5.75. The van der Waals surface area contributed by atoms with E-state index in [2.05, 4.69) is 5.10 Å². The summed E-state index contributed by atoms with van der Waals surface area (Å²) < 4.78 is 9.76. The Morgan fingerprint density at radius 2 is 2.00 bits per heavy atom. The monoisotopic (exact) mass is 286 g/mol. The number of nitrogens with two attached hydrogens (primary N) is 1. The zero-order chi connectivity index (χ0) is 15.1. The molecule has 3 N–H and O–H groups in total. The molecule has 9 nitrogen and oxygen atoms in total. The minimum atomic E-state index is -0.852. The molecule has 0 aliphatic carbocycles. The minimum absolute atomic E-state index is 0.0720. The fraction of sp³-hybridized carbons (Fsp3) is 0.636. The van der Waals surface area contributed by atoms with Crippen LogP contribution in [0.1, 0.15) is 13.8 Å². The van der Waals surface area contributed by atoms with E-state index in [4.69, 9.17) is 15.2 Å². The average Bonchev–Trinajstić information content (AvgIpc) is 2.81. The van der Waals surface area contributed by atoms with Crippen molar-refractivity contribution in [3.8, 4) is 0 Å². The minimum Gasteiger partial charge on any atom is -0.465 e. The second-order valence-electron chi connectivity index (χ2n) is 3.96. The van der Waals surface area contributed by atoms with Gasteiger partial charge in [-0.25, -0.2) is 15.0 Å². The molecule has 112 valence electrons. The number of hydrogen-bond acceptors (Lipinski definition) is 6. The Labute approximate surface area is 116 Å². The van der Waals surface area contributed by atoms with E-state index in [9.17, 15) is 14.4 Å². The van der Waals surface area contributed by atoms with Gasteiger partial charge < -0.3 is 20.1 Å². The van der Waals surface area contributed by atoms with Crippen LogP contribution in [-0.2, 0) is 14.3 Å². The molecule has 0 unspecified atom stereocenters. The lowest BCUT2D eigenvalue weighted by Crippen LogP contribution is -2.30. The lowest BCUT2D eigenvalue weighted by Gasteiger charge is -2.14. The number of carbonyl (C=O) groups is 3. The summed E-state index contributed by atoms with van der Waals surface area (Å²) in [6.07, 6.45) is -0.550. The molecule has 1 aliphatic rings. The van der Waals surface area contributed by atoms with Crippen LogP contribution in [-0.4, -0.2) is 55.0 Å². The van der Waals surface area contributed by atoms with Crippen molar-refractivity contribution >= 4 is 23.8 Å². The highest BCUT2D eigenvalue weighted by molar-refractivity contribution is 6.06. The van der Waals surface area contributed by atoms with Crippen LogP contribution in [0.15, 0.2) is 5.10 Å². The standard InChI is InChI=1S/C11H18N4O5/c1-3-19-9(16)7-5-15(11(18)20-4-2)6-8(7)13-14-10(12)17/h7H,3-6H2,1-2H3,(H3,12,14,17)/b13-8-/t7-/m1/s1. The van der Waals surface area contributed by atoms with E-state index in [-0.39, 0.29) is 26.3 Å². The normalized spacial score (nSPS) is 19.8. The highest BCUT2D eigenvalue weighted by atomic mass is 16.6. The summed E-state index contributed by atoms with van der Waals surface area (Å²) in [5, 5.41) is 3.74. The van der Waals surface area contributed by atoms with Crippen molar-refractivity contribution in [3.63, 3.8) is 0 Å². The first-order chi connectivity index (χ1) is 9.49. The molecule has 1 heterocycles. The molecule has 3 amide bonds. The first-order valence-electron chi connectivity index (χ1n) is 6.19. The van der Waals surface area contributed by atoms with E-state index < -0.39 is 24.0 Å².